The third-order valence-corrected chi connectivity index (χ3v) is 4.98. The number of hydrogen-bond acceptors (Lipinski definition) is 6. The number of ether oxygens (including phenoxy) is 1. The number of allylic oxidation sites excluding steroid dienone is 1. The number of Topliss-reactive ketones (excluding diaryl/α,β-unsaturated/α-hetero) is 1. The van der Waals surface area contributed by atoms with Crippen molar-refractivity contribution in [3.63, 3.8) is 0 Å². The average Bonchev–Trinajstić information content (AvgIpc) is 2.73. The van der Waals surface area contributed by atoms with Gasteiger partial charge in [0, 0.05) is 0 Å². The molecule has 1 unspecified atom stereocenters. The molecule has 0 amide bonds. The number of hydrogen-bond donors (Lipinski definition) is 2. The van der Waals surface area contributed by atoms with Crippen LogP contribution in [0.3, 0.4) is 0 Å². The van der Waals surface area contributed by atoms with Crippen LogP contribution in [0.2, 0.25) is 0 Å². The van der Waals surface area contributed by atoms with Gasteiger partial charge in [-0.1, -0.05) is 30.3 Å². The lowest BCUT2D eigenvalue weighted by Gasteiger charge is -2.31. The number of nitrogens with zero attached hydrogens (tertiary/aromatic N) is 1. The minimum Gasteiger partial charge on any atom is -0.459 e. The van der Waals surface area contributed by atoms with E-state index >= 15 is 0 Å². The molecular weight excluding hydrogens is 379 g/mol. The summed E-state index contributed by atoms with van der Waals surface area (Å²) in [6, 6.07) is 7.61. The molecule has 7 nitrogen and oxygen atoms in total. The molecule has 0 saturated carbocycles. The molecule has 1 aliphatic rings. The van der Waals surface area contributed by atoms with Crippen LogP contribution in [0.25, 0.3) is 5.57 Å². The molecule has 1 heterocycles. The van der Waals surface area contributed by atoms with Gasteiger partial charge in [-0.3, -0.25) is 4.79 Å². The Bertz CT molecular complexity index is 888. The van der Waals surface area contributed by atoms with E-state index in [1.54, 1.807) is 18.2 Å². The van der Waals surface area contributed by atoms with E-state index < -0.39 is 39.8 Å². The molecule has 0 aliphatic carbocycles. The Labute approximate surface area is 146 Å². The SMILES string of the molecule is CC(=O)C(OC1=NS(=O)(=O)C(C)=C1c1ccccc1)C(O)(O)C(F)(F)F. The summed E-state index contributed by atoms with van der Waals surface area (Å²) in [5.41, 5.74) is 0.0791. The standard InChI is InChI=1S/C15H14F3NO6S/c1-8(20)12(14(21,22)15(16,17)18)25-13-11(9(2)26(23,24)19-13)10-6-4-3-5-7-10/h3-7,12,21-22H,1-2H3. The summed E-state index contributed by atoms with van der Waals surface area (Å²) in [6.07, 6.45) is -8.46. The van der Waals surface area contributed by atoms with Crippen LogP contribution in [-0.2, 0) is 19.6 Å². The van der Waals surface area contributed by atoms with Gasteiger partial charge in [-0.25, -0.2) is 0 Å². The van der Waals surface area contributed by atoms with Crippen LogP contribution in [0, 0.1) is 0 Å². The zero-order valence-electron chi connectivity index (χ0n) is 13.5. The number of carbonyl (C=O) groups is 1. The van der Waals surface area contributed by atoms with Crippen LogP contribution >= 0.6 is 0 Å². The van der Waals surface area contributed by atoms with E-state index in [1.807, 2.05) is 0 Å². The van der Waals surface area contributed by atoms with E-state index in [0.29, 0.717) is 6.92 Å². The lowest BCUT2D eigenvalue weighted by molar-refractivity contribution is -0.369. The monoisotopic (exact) mass is 393 g/mol. The predicted molar refractivity (Wildman–Crippen MR) is 84.2 cm³/mol. The first kappa shape index (κ1) is 20.1. The van der Waals surface area contributed by atoms with E-state index in [1.165, 1.54) is 12.1 Å². The van der Waals surface area contributed by atoms with Crippen LogP contribution in [0.5, 0.6) is 0 Å². The van der Waals surface area contributed by atoms with Gasteiger partial charge < -0.3 is 14.9 Å². The lowest BCUT2D eigenvalue weighted by atomic mass is 10.0. The molecule has 0 bridgehead atoms. The molecule has 26 heavy (non-hydrogen) atoms. The molecule has 0 radical (unpaired) electrons. The predicted octanol–water partition coefficient (Wildman–Crippen LogP) is 1.38. The normalized spacial score (nSPS) is 18.5. The molecule has 142 valence electrons. The second-order valence-corrected chi connectivity index (χ2v) is 7.25. The number of halogens is 3. The topological polar surface area (TPSA) is 113 Å². The van der Waals surface area contributed by atoms with Crippen molar-refractivity contribution in [3.05, 3.63) is 40.8 Å². The lowest BCUT2D eigenvalue weighted by Crippen LogP contribution is -2.58. The minimum absolute atomic E-state index is 0.171. The average molecular weight is 393 g/mol. The van der Waals surface area contributed by atoms with Crippen molar-refractivity contribution < 1.29 is 41.3 Å². The molecule has 1 aliphatic heterocycles. The maximum Gasteiger partial charge on any atom is 0.447 e. The van der Waals surface area contributed by atoms with Crippen molar-refractivity contribution in [3.8, 4) is 0 Å². The van der Waals surface area contributed by atoms with Gasteiger partial charge in [0.05, 0.1) is 10.5 Å². The summed E-state index contributed by atoms with van der Waals surface area (Å²) in [7, 11) is -4.24. The summed E-state index contributed by atoms with van der Waals surface area (Å²) in [5.74, 6) is -6.75. The van der Waals surface area contributed by atoms with E-state index in [-0.39, 0.29) is 16.0 Å². The van der Waals surface area contributed by atoms with Crippen LogP contribution in [0.1, 0.15) is 19.4 Å². The Morgan fingerprint density at radius 3 is 2.19 bits per heavy atom. The highest BCUT2D eigenvalue weighted by molar-refractivity contribution is 7.94. The fraction of sp³-hybridized carbons (Fsp3) is 0.333. The molecule has 1 aromatic carbocycles. The first-order chi connectivity index (χ1) is 11.8. The molecule has 1 aromatic rings. The van der Waals surface area contributed by atoms with E-state index in [0.717, 1.165) is 6.92 Å². The highest BCUT2D eigenvalue weighted by atomic mass is 32.2. The highest BCUT2D eigenvalue weighted by Gasteiger charge is 2.62. The van der Waals surface area contributed by atoms with Crippen molar-refractivity contribution >= 4 is 27.3 Å². The summed E-state index contributed by atoms with van der Waals surface area (Å²) in [5, 5.41) is 18.7. The van der Waals surface area contributed by atoms with Gasteiger partial charge in [-0.2, -0.15) is 21.6 Å². The molecule has 2 rings (SSSR count). The largest absolute Gasteiger partial charge is 0.459 e. The van der Waals surface area contributed by atoms with Crippen molar-refractivity contribution in [2.75, 3.05) is 0 Å². The third-order valence-electron chi connectivity index (χ3n) is 3.60. The summed E-state index contributed by atoms with van der Waals surface area (Å²) in [6.45, 7) is 1.80. The van der Waals surface area contributed by atoms with E-state index in [2.05, 4.69) is 4.40 Å². The molecule has 0 saturated heterocycles. The molecule has 11 heteroatoms. The zero-order valence-corrected chi connectivity index (χ0v) is 14.3. The Kier molecular flexibility index (Phi) is 5.01. The highest BCUT2D eigenvalue weighted by Crippen LogP contribution is 2.36. The number of sulfonamides is 1. The van der Waals surface area contributed by atoms with Crippen LogP contribution < -0.4 is 0 Å². The van der Waals surface area contributed by atoms with E-state index in [9.17, 15) is 36.6 Å². The van der Waals surface area contributed by atoms with Crippen molar-refractivity contribution in [1.82, 2.24) is 0 Å². The molecule has 0 fully saturated rings. The quantitative estimate of drug-likeness (QED) is 0.748. The van der Waals surface area contributed by atoms with Gasteiger partial charge in [0.1, 0.15) is 0 Å². The maximum absolute atomic E-state index is 12.9. The number of alkyl halides is 3. The van der Waals surface area contributed by atoms with Gasteiger partial charge in [0.2, 0.25) is 12.0 Å². The smallest absolute Gasteiger partial charge is 0.447 e. The van der Waals surface area contributed by atoms with Gasteiger partial charge >= 0.3 is 12.0 Å². The second-order valence-electron chi connectivity index (χ2n) is 5.50. The number of aliphatic hydroxyl groups is 2. The van der Waals surface area contributed by atoms with Crippen molar-refractivity contribution in [2.24, 2.45) is 4.40 Å². The number of benzene rings is 1. The molecule has 2 N–H and O–H groups in total. The first-order valence-electron chi connectivity index (χ1n) is 7.09. The Morgan fingerprint density at radius 1 is 1.19 bits per heavy atom. The number of ketones is 1. The summed E-state index contributed by atoms with van der Waals surface area (Å²) in [4.78, 5) is 11.2. The maximum atomic E-state index is 12.9. The van der Waals surface area contributed by atoms with Gasteiger partial charge in [-0.15, -0.1) is 4.40 Å². The van der Waals surface area contributed by atoms with Gasteiger partial charge in [0.25, 0.3) is 10.0 Å². The van der Waals surface area contributed by atoms with Gasteiger partial charge in [-0.05, 0) is 19.4 Å². The molecule has 0 spiro atoms. The summed E-state index contributed by atoms with van der Waals surface area (Å²) < 4.78 is 70.6. The third kappa shape index (κ3) is 3.50. The fourth-order valence-electron chi connectivity index (χ4n) is 2.22. The van der Waals surface area contributed by atoms with Crippen molar-refractivity contribution in [1.29, 1.82) is 0 Å². The number of rotatable bonds is 4. The second kappa shape index (κ2) is 6.49. The Morgan fingerprint density at radius 2 is 1.73 bits per heavy atom. The molecule has 1 atom stereocenters. The Hall–Kier alpha value is -2.24. The minimum atomic E-state index is -5.63. The fourth-order valence-corrected chi connectivity index (χ4v) is 3.18. The molecule has 0 aromatic heterocycles. The van der Waals surface area contributed by atoms with Crippen molar-refractivity contribution in [2.45, 2.75) is 31.9 Å². The molecular formula is C15H14F3NO6S. The van der Waals surface area contributed by atoms with Crippen LogP contribution in [-0.4, -0.2) is 48.4 Å². The Balaban J connectivity index is 2.54. The first-order valence-corrected chi connectivity index (χ1v) is 8.53. The summed E-state index contributed by atoms with van der Waals surface area (Å²) >= 11 is 0. The van der Waals surface area contributed by atoms with Crippen LogP contribution in [0.4, 0.5) is 13.2 Å². The van der Waals surface area contributed by atoms with Gasteiger partial charge in [0.15, 0.2) is 5.78 Å². The zero-order chi connectivity index (χ0) is 19.9. The van der Waals surface area contributed by atoms with Crippen LogP contribution in [0.15, 0.2) is 39.6 Å². The van der Waals surface area contributed by atoms with E-state index in [4.69, 9.17) is 4.74 Å². The number of carbonyl (C=O) groups excluding carboxylic acids is 1.